The lowest BCUT2D eigenvalue weighted by atomic mass is 9.93. The average molecular weight is 331 g/mol. The first-order chi connectivity index (χ1) is 11.2. The van der Waals surface area contributed by atoms with Gasteiger partial charge in [0, 0.05) is 24.9 Å². The maximum atomic E-state index is 6.49. The molecule has 0 fully saturated rings. The number of allylic oxidation sites excluding steroid dienone is 2. The minimum atomic E-state index is -0.177. The van der Waals surface area contributed by atoms with E-state index in [1.165, 1.54) is 18.5 Å². The first-order valence-electron chi connectivity index (χ1n) is 8.99. The van der Waals surface area contributed by atoms with Gasteiger partial charge in [-0.15, -0.1) is 0 Å². The number of nitrogens with one attached hydrogen (secondary N) is 1. The second-order valence-corrected chi connectivity index (χ2v) is 8.07. The van der Waals surface area contributed by atoms with Crippen LogP contribution in [0.3, 0.4) is 0 Å². The molecule has 0 aliphatic carbocycles. The highest BCUT2D eigenvalue weighted by molar-refractivity contribution is 5.54. The van der Waals surface area contributed by atoms with Crippen molar-refractivity contribution in [1.82, 2.24) is 15.1 Å². The van der Waals surface area contributed by atoms with Crippen LogP contribution in [0.25, 0.3) is 0 Å². The van der Waals surface area contributed by atoms with Gasteiger partial charge in [-0.25, -0.2) is 0 Å². The third-order valence-electron chi connectivity index (χ3n) is 4.71. The molecule has 2 unspecified atom stereocenters. The van der Waals surface area contributed by atoms with Gasteiger partial charge in [-0.1, -0.05) is 59.4 Å². The van der Waals surface area contributed by atoms with Crippen molar-refractivity contribution in [3.8, 4) is 0 Å². The van der Waals surface area contributed by atoms with Gasteiger partial charge in [0.25, 0.3) is 0 Å². The Balaban J connectivity index is 2.48. The molecule has 2 rings (SSSR count). The maximum Gasteiger partial charge on any atom is 0.120 e. The molecule has 3 N–H and O–H groups in total. The molecule has 0 aromatic rings. The topological polar surface area (TPSA) is 44.5 Å². The first kappa shape index (κ1) is 18.7. The van der Waals surface area contributed by atoms with Gasteiger partial charge in [-0.3, -0.25) is 0 Å². The summed E-state index contributed by atoms with van der Waals surface area (Å²) >= 11 is 0. The Morgan fingerprint density at radius 2 is 2.00 bits per heavy atom. The summed E-state index contributed by atoms with van der Waals surface area (Å²) in [5.41, 5.74) is 11.1. The van der Waals surface area contributed by atoms with Crippen molar-refractivity contribution in [1.29, 1.82) is 0 Å². The van der Waals surface area contributed by atoms with Crippen LogP contribution in [-0.2, 0) is 0 Å². The SMILES string of the molecule is C=C/C=C1\C(=C)N(C)C(N)C2=C1N(CC(C)(C)C)C(CCCC)N2. The number of hydrogen-bond acceptors (Lipinski definition) is 4. The molecule has 4 nitrogen and oxygen atoms in total. The van der Waals surface area contributed by atoms with E-state index in [0.717, 1.165) is 29.9 Å². The summed E-state index contributed by atoms with van der Waals surface area (Å²) in [5.74, 6) is 0. The molecule has 0 radical (unpaired) electrons. The molecule has 2 aliphatic heterocycles. The van der Waals surface area contributed by atoms with Crippen molar-refractivity contribution in [2.24, 2.45) is 11.1 Å². The molecule has 4 heteroatoms. The minimum absolute atomic E-state index is 0.177. The number of unbranched alkanes of at least 4 members (excludes halogenated alkanes) is 1. The van der Waals surface area contributed by atoms with Crippen molar-refractivity contribution in [3.05, 3.63) is 48.0 Å². The van der Waals surface area contributed by atoms with Gasteiger partial charge in [0.15, 0.2) is 0 Å². The largest absolute Gasteiger partial charge is 0.364 e. The number of nitrogens with zero attached hydrogens (tertiary/aromatic N) is 2. The fraction of sp³-hybridized carbons (Fsp3) is 0.600. The Hall–Kier alpha value is -1.68. The molecule has 0 bridgehead atoms. The van der Waals surface area contributed by atoms with Gasteiger partial charge >= 0.3 is 0 Å². The number of hydrogen-bond donors (Lipinski definition) is 2. The van der Waals surface area contributed by atoms with Crippen LogP contribution in [0.1, 0.15) is 47.0 Å². The third-order valence-corrected chi connectivity index (χ3v) is 4.71. The van der Waals surface area contributed by atoms with E-state index in [0.29, 0.717) is 6.17 Å². The van der Waals surface area contributed by atoms with E-state index < -0.39 is 0 Å². The second-order valence-electron chi connectivity index (χ2n) is 8.07. The number of rotatable bonds is 5. The normalized spacial score (nSPS) is 26.1. The lowest BCUT2D eigenvalue weighted by Gasteiger charge is -2.39. The predicted octanol–water partition coefficient (Wildman–Crippen LogP) is 3.52. The van der Waals surface area contributed by atoms with Gasteiger partial charge in [0.05, 0.1) is 17.6 Å². The summed E-state index contributed by atoms with van der Waals surface area (Å²) in [6, 6.07) is 0. The fourth-order valence-electron chi connectivity index (χ4n) is 3.47. The molecule has 0 spiro atoms. The Bertz CT molecular complexity index is 565. The second kappa shape index (κ2) is 7.06. The van der Waals surface area contributed by atoms with Crippen LogP contribution in [0, 0.1) is 5.41 Å². The zero-order valence-corrected chi connectivity index (χ0v) is 16.0. The van der Waals surface area contributed by atoms with E-state index in [1.807, 2.05) is 18.0 Å². The van der Waals surface area contributed by atoms with Crippen molar-refractivity contribution in [2.45, 2.75) is 59.3 Å². The predicted molar refractivity (Wildman–Crippen MR) is 103 cm³/mol. The van der Waals surface area contributed by atoms with Crippen LogP contribution in [0.2, 0.25) is 0 Å². The van der Waals surface area contributed by atoms with Crippen molar-refractivity contribution >= 4 is 0 Å². The molecule has 0 aromatic heterocycles. The van der Waals surface area contributed by atoms with Gasteiger partial charge in [0.1, 0.15) is 6.17 Å². The zero-order valence-electron chi connectivity index (χ0n) is 16.0. The molecule has 2 aliphatic rings. The van der Waals surface area contributed by atoms with Crippen molar-refractivity contribution in [2.75, 3.05) is 13.6 Å². The molecule has 0 aromatic carbocycles. The Morgan fingerprint density at radius 1 is 1.33 bits per heavy atom. The van der Waals surface area contributed by atoms with Crippen molar-refractivity contribution < 1.29 is 0 Å². The van der Waals surface area contributed by atoms with Crippen molar-refractivity contribution in [3.63, 3.8) is 0 Å². The Morgan fingerprint density at radius 3 is 2.54 bits per heavy atom. The summed E-state index contributed by atoms with van der Waals surface area (Å²) < 4.78 is 0. The Kier molecular flexibility index (Phi) is 5.49. The first-order valence-corrected chi connectivity index (χ1v) is 8.99. The zero-order chi connectivity index (χ0) is 18.1. The molecule has 134 valence electrons. The highest BCUT2D eigenvalue weighted by Crippen LogP contribution is 2.40. The molecule has 0 saturated heterocycles. The van der Waals surface area contributed by atoms with Crippen LogP contribution in [0.4, 0.5) is 0 Å². The minimum Gasteiger partial charge on any atom is -0.364 e. The lowest BCUT2D eigenvalue weighted by molar-refractivity contribution is 0.178. The average Bonchev–Trinajstić information content (AvgIpc) is 2.84. The lowest BCUT2D eigenvalue weighted by Crippen LogP contribution is -2.46. The van der Waals surface area contributed by atoms with Gasteiger partial charge < -0.3 is 20.9 Å². The van der Waals surface area contributed by atoms with Crippen LogP contribution in [0.5, 0.6) is 0 Å². The fourth-order valence-corrected chi connectivity index (χ4v) is 3.47. The molecule has 2 heterocycles. The van der Waals surface area contributed by atoms with Gasteiger partial charge in [0.2, 0.25) is 0 Å². The van der Waals surface area contributed by atoms with Crippen LogP contribution >= 0.6 is 0 Å². The molecule has 0 saturated carbocycles. The monoisotopic (exact) mass is 330 g/mol. The highest BCUT2D eigenvalue weighted by Gasteiger charge is 2.41. The maximum absolute atomic E-state index is 6.49. The number of nitrogens with two attached hydrogens (primary N) is 1. The van der Waals surface area contributed by atoms with E-state index >= 15 is 0 Å². The summed E-state index contributed by atoms with van der Waals surface area (Å²) in [7, 11) is 2.00. The van der Waals surface area contributed by atoms with E-state index in [1.54, 1.807) is 0 Å². The summed E-state index contributed by atoms with van der Waals surface area (Å²) in [6.45, 7) is 18.2. The van der Waals surface area contributed by atoms with Crippen LogP contribution < -0.4 is 11.1 Å². The standard InChI is InChI=1S/C20H34N4/c1-8-10-12-16-22-17-18(24(16)13-20(4,5)6)15(11-9-2)14(3)23(7)19(17)21/h9,11,16,19,22H,2-3,8,10,12-13,21H2,1,4-7H3/b15-11+. The summed E-state index contributed by atoms with van der Waals surface area (Å²) in [5, 5.41) is 3.71. The quantitative estimate of drug-likeness (QED) is 0.809. The van der Waals surface area contributed by atoms with Gasteiger partial charge in [-0.05, 0) is 18.3 Å². The molecule has 24 heavy (non-hydrogen) atoms. The van der Waals surface area contributed by atoms with Crippen LogP contribution in [-0.4, -0.2) is 35.7 Å². The highest BCUT2D eigenvalue weighted by atomic mass is 15.4. The molecule has 2 atom stereocenters. The third kappa shape index (κ3) is 3.54. The van der Waals surface area contributed by atoms with E-state index in [9.17, 15) is 0 Å². The molecular weight excluding hydrogens is 296 g/mol. The van der Waals surface area contributed by atoms with E-state index in [-0.39, 0.29) is 11.6 Å². The van der Waals surface area contributed by atoms with E-state index in [2.05, 4.69) is 57.1 Å². The summed E-state index contributed by atoms with van der Waals surface area (Å²) in [6.07, 6.45) is 7.52. The smallest absolute Gasteiger partial charge is 0.120 e. The molecular formula is C20H34N4. The van der Waals surface area contributed by atoms with Crippen LogP contribution in [0.15, 0.2) is 48.0 Å². The van der Waals surface area contributed by atoms with Gasteiger partial charge in [-0.2, -0.15) is 0 Å². The number of likely N-dealkylation sites (N-methyl/N-ethyl adjacent to an activating group) is 1. The molecule has 0 amide bonds. The summed E-state index contributed by atoms with van der Waals surface area (Å²) in [4.78, 5) is 4.54. The van der Waals surface area contributed by atoms with E-state index in [4.69, 9.17) is 5.73 Å². The Labute approximate surface area is 147 Å².